The summed E-state index contributed by atoms with van der Waals surface area (Å²) < 4.78 is 5.09. The van der Waals surface area contributed by atoms with Gasteiger partial charge in [0, 0.05) is 37.0 Å². The van der Waals surface area contributed by atoms with E-state index in [1.54, 1.807) is 25.4 Å². The SMILES string of the molecule is COc1cc(C(=O)N2CCCC[C@H](N(C)C)C2)ccn1. The predicted molar refractivity (Wildman–Crippen MR) is 78.0 cm³/mol. The number of carbonyl (C=O) groups is 1. The number of hydrogen-bond acceptors (Lipinski definition) is 4. The summed E-state index contributed by atoms with van der Waals surface area (Å²) in [6.45, 7) is 1.62. The Kier molecular flexibility index (Phi) is 4.95. The van der Waals surface area contributed by atoms with Crippen LogP contribution in [0.15, 0.2) is 18.3 Å². The second-order valence-corrected chi connectivity index (χ2v) is 5.45. The summed E-state index contributed by atoms with van der Waals surface area (Å²) in [5.74, 6) is 0.550. The normalized spacial score (nSPS) is 19.8. The fraction of sp³-hybridized carbons (Fsp3) is 0.600. The number of likely N-dealkylation sites (N-methyl/N-ethyl adjacent to an activating group) is 1. The van der Waals surface area contributed by atoms with Crippen molar-refractivity contribution < 1.29 is 9.53 Å². The van der Waals surface area contributed by atoms with Gasteiger partial charge in [-0.05, 0) is 33.0 Å². The highest BCUT2D eigenvalue weighted by molar-refractivity contribution is 5.94. The molecule has 1 amide bonds. The summed E-state index contributed by atoms with van der Waals surface area (Å²) >= 11 is 0. The summed E-state index contributed by atoms with van der Waals surface area (Å²) in [7, 11) is 5.72. The van der Waals surface area contributed by atoms with E-state index in [1.165, 1.54) is 6.42 Å². The van der Waals surface area contributed by atoms with Crippen LogP contribution in [0.5, 0.6) is 5.88 Å². The number of carbonyl (C=O) groups excluding carboxylic acids is 1. The van der Waals surface area contributed by atoms with E-state index >= 15 is 0 Å². The molecule has 2 rings (SSSR count). The van der Waals surface area contributed by atoms with Crippen LogP contribution in [0, 0.1) is 0 Å². The van der Waals surface area contributed by atoms with Gasteiger partial charge in [-0.25, -0.2) is 4.98 Å². The molecule has 1 aromatic rings. The maximum Gasteiger partial charge on any atom is 0.254 e. The second kappa shape index (κ2) is 6.70. The molecular formula is C15H23N3O2. The van der Waals surface area contributed by atoms with Gasteiger partial charge >= 0.3 is 0 Å². The van der Waals surface area contributed by atoms with Crippen molar-refractivity contribution in [3.8, 4) is 5.88 Å². The first-order chi connectivity index (χ1) is 9.61. The lowest BCUT2D eigenvalue weighted by Crippen LogP contribution is -2.41. The van der Waals surface area contributed by atoms with Crippen LogP contribution in [0.25, 0.3) is 0 Å². The third kappa shape index (κ3) is 3.48. The smallest absolute Gasteiger partial charge is 0.254 e. The van der Waals surface area contributed by atoms with E-state index in [4.69, 9.17) is 4.74 Å². The first kappa shape index (κ1) is 14.8. The first-order valence-corrected chi connectivity index (χ1v) is 7.07. The Hall–Kier alpha value is -1.62. The Morgan fingerprint density at radius 1 is 1.45 bits per heavy atom. The van der Waals surface area contributed by atoms with Crippen LogP contribution >= 0.6 is 0 Å². The van der Waals surface area contributed by atoms with Crippen molar-refractivity contribution >= 4 is 5.91 Å². The Labute approximate surface area is 120 Å². The summed E-state index contributed by atoms with van der Waals surface area (Å²) in [6.07, 6.45) is 5.01. The molecule has 0 aromatic carbocycles. The minimum atomic E-state index is 0.0689. The van der Waals surface area contributed by atoms with E-state index in [9.17, 15) is 4.79 Å². The number of pyridine rings is 1. The highest BCUT2D eigenvalue weighted by atomic mass is 16.5. The Morgan fingerprint density at radius 2 is 2.25 bits per heavy atom. The molecule has 0 N–H and O–H groups in total. The number of methoxy groups -OCH3 is 1. The van der Waals surface area contributed by atoms with Gasteiger partial charge in [0.05, 0.1) is 7.11 Å². The molecule has 0 bridgehead atoms. The van der Waals surface area contributed by atoms with E-state index in [0.29, 0.717) is 17.5 Å². The standard InChI is InChI=1S/C15H23N3O2/c1-17(2)13-6-4-5-9-18(11-13)15(19)12-7-8-16-14(10-12)20-3/h7-8,10,13H,4-6,9,11H2,1-3H3/t13-/m0/s1. The molecule has 1 atom stereocenters. The van der Waals surface area contributed by atoms with Crippen LogP contribution in [0.2, 0.25) is 0 Å². The summed E-state index contributed by atoms with van der Waals surface area (Å²) in [5, 5.41) is 0. The average Bonchev–Trinajstić information content (AvgIpc) is 2.72. The van der Waals surface area contributed by atoms with Gasteiger partial charge in [-0.1, -0.05) is 6.42 Å². The maximum atomic E-state index is 12.6. The molecule has 0 aliphatic carbocycles. The minimum absolute atomic E-state index is 0.0689. The molecule has 1 saturated heterocycles. The average molecular weight is 277 g/mol. The summed E-state index contributed by atoms with van der Waals surface area (Å²) in [6, 6.07) is 3.89. The highest BCUT2D eigenvalue weighted by Gasteiger charge is 2.24. The fourth-order valence-corrected chi connectivity index (χ4v) is 2.56. The molecule has 0 radical (unpaired) electrons. The number of amides is 1. The lowest BCUT2D eigenvalue weighted by atomic mass is 10.1. The van der Waals surface area contributed by atoms with Gasteiger partial charge in [-0.3, -0.25) is 4.79 Å². The van der Waals surface area contributed by atoms with Crippen molar-refractivity contribution in [2.75, 3.05) is 34.3 Å². The Morgan fingerprint density at radius 3 is 2.95 bits per heavy atom. The van der Waals surface area contributed by atoms with Gasteiger partial charge in [0.1, 0.15) is 0 Å². The van der Waals surface area contributed by atoms with Crippen LogP contribution in [-0.4, -0.2) is 61.0 Å². The van der Waals surface area contributed by atoms with Gasteiger partial charge in [0.15, 0.2) is 0 Å². The van der Waals surface area contributed by atoms with E-state index in [2.05, 4.69) is 24.0 Å². The molecule has 5 heteroatoms. The monoisotopic (exact) mass is 277 g/mol. The molecule has 1 aromatic heterocycles. The number of likely N-dealkylation sites (tertiary alicyclic amines) is 1. The van der Waals surface area contributed by atoms with E-state index in [1.807, 2.05) is 4.90 Å². The zero-order chi connectivity index (χ0) is 14.5. The van der Waals surface area contributed by atoms with E-state index in [0.717, 1.165) is 25.9 Å². The second-order valence-electron chi connectivity index (χ2n) is 5.45. The molecule has 0 spiro atoms. The van der Waals surface area contributed by atoms with Crippen molar-refractivity contribution in [2.24, 2.45) is 0 Å². The fourth-order valence-electron chi connectivity index (χ4n) is 2.56. The van der Waals surface area contributed by atoms with Crippen LogP contribution < -0.4 is 4.74 Å². The quantitative estimate of drug-likeness (QED) is 0.842. The summed E-state index contributed by atoms with van der Waals surface area (Å²) in [4.78, 5) is 20.8. The van der Waals surface area contributed by atoms with Crippen molar-refractivity contribution in [1.29, 1.82) is 0 Å². The largest absolute Gasteiger partial charge is 0.481 e. The van der Waals surface area contributed by atoms with Crippen molar-refractivity contribution in [3.63, 3.8) is 0 Å². The third-order valence-corrected chi connectivity index (χ3v) is 3.85. The number of nitrogens with zero attached hydrogens (tertiary/aromatic N) is 3. The Bertz CT molecular complexity index is 462. The molecule has 0 unspecified atom stereocenters. The predicted octanol–water partition coefficient (Wildman–Crippen LogP) is 1.65. The zero-order valence-corrected chi connectivity index (χ0v) is 12.5. The van der Waals surface area contributed by atoms with Crippen molar-refractivity contribution in [1.82, 2.24) is 14.8 Å². The molecule has 1 fully saturated rings. The van der Waals surface area contributed by atoms with Crippen LogP contribution in [-0.2, 0) is 0 Å². The minimum Gasteiger partial charge on any atom is -0.481 e. The first-order valence-electron chi connectivity index (χ1n) is 7.07. The molecule has 2 heterocycles. The van der Waals surface area contributed by atoms with Gasteiger partial charge in [0.2, 0.25) is 5.88 Å². The van der Waals surface area contributed by atoms with Crippen molar-refractivity contribution in [2.45, 2.75) is 25.3 Å². The van der Waals surface area contributed by atoms with Gasteiger partial charge < -0.3 is 14.5 Å². The number of hydrogen-bond donors (Lipinski definition) is 0. The number of ether oxygens (including phenoxy) is 1. The van der Waals surface area contributed by atoms with Crippen LogP contribution in [0.4, 0.5) is 0 Å². The van der Waals surface area contributed by atoms with E-state index < -0.39 is 0 Å². The van der Waals surface area contributed by atoms with Gasteiger partial charge in [-0.2, -0.15) is 0 Å². The van der Waals surface area contributed by atoms with E-state index in [-0.39, 0.29) is 5.91 Å². The van der Waals surface area contributed by atoms with Crippen LogP contribution in [0.3, 0.4) is 0 Å². The highest BCUT2D eigenvalue weighted by Crippen LogP contribution is 2.17. The maximum absolute atomic E-state index is 12.6. The third-order valence-electron chi connectivity index (χ3n) is 3.85. The van der Waals surface area contributed by atoms with Crippen LogP contribution in [0.1, 0.15) is 29.6 Å². The zero-order valence-electron chi connectivity index (χ0n) is 12.5. The van der Waals surface area contributed by atoms with Gasteiger partial charge in [-0.15, -0.1) is 0 Å². The molecular weight excluding hydrogens is 254 g/mol. The molecule has 110 valence electrons. The molecule has 1 aliphatic rings. The molecule has 1 aliphatic heterocycles. The lowest BCUT2D eigenvalue weighted by Gasteiger charge is -2.28. The Balaban J connectivity index is 2.13. The summed E-state index contributed by atoms with van der Waals surface area (Å²) in [5.41, 5.74) is 0.649. The molecule has 5 nitrogen and oxygen atoms in total. The molecule has 20 heavy (non-hydrogen) atoms. The number of rotatable bonds is 3. The number of aromatic nitrogens is 1. The lowest BCUT2D eigenvalue weighted by molar-refractivity contribution is 0.0725. The van der Waals surface area contributed by atoms with Crippen molar-refractivity contribution in [3.05, 3.63) is 23.9 Å². The molecule has 0 saturated carbocycles. The topological polar surface area (TPSA) is 45.7 Å². The van der Waals surface area contributed by atoms with Gasteiger partial charge in [0.25, 0.3) is 5.91 Å².